The molecule has 0 aliphatic carbocycles. The van der Waals surface area contributed by atoms with Crippen LogP contribution in [0.15, 0.2) is 12.1 Å². The van der Waals surface area contributed by atoms with Crippen LogP contribution in [0, 0.1) is 5.92 Å². The van der Waals surface area contributed by atoms with Gasteiger partial charge in [0, 0.05) is 12.6 Å². The molecule has 0 unspecified atom stereocenters. The Labute approximate surface area is 108 Å². The summed E-state index contributed by atoms with van der Waals surface area (Å²) in [7, 11) is 3.23. The first-order valence-corrected chi connectivity index (χ1v) is 6.11. The van der Waals surface area contributed by atoms with Gasteiger partial charge in [-0.2, -0.15) is 0 Å². The highest BCUT2D eigenvalue weighted by Gasteiger charge is 2.09. The summed E-state index contributed by atoms with van der Waals surface area (Å²) in [5.74, 6) is 2.04. The van der Waals surface area contributed by atoms with E-state index in [1.807, 2.05) is 6.07 Å². The van der Waals surface area contributed by atoms with E-state index < -0.39 is 0 Å². The van der Waals surface area contributed by atoms with Gasteiger partial charge < -0.3 is 14.8 Å². The molecule has 0 fully saturated rings. The second kappa shape index (κ2) is 6.60. The van der Waals surface area contributed by atoms with Gasteiger partial charge in [-0.25, -0.2) is 0 Å². The van der Waals surface area contributed by atoms with Crippen LogP contribution in [-0.2, 0) is 0 Å². The first-order chi connectivity index (χ1) is 8.08. The third-order valence-electron chi connectivity index (χ3n) is 2.51. The highest BCUT2D eigenvalue weighted by Crippen LogP contribution is 2.35. The topological polar surface area (TPSA) is 30.5 Å². The van der Waals surface area contributed by atoms with Gasteiger partial charge >= 0.3 is 0 Å². The smallest absolute Gasteiger partial charge is 0.145 e. The SMILES string of the molecule is COc1cc(OC)c(NCCC(C)C)cc1Cl. The average molecular weight is 258 g/mol. The Morgan fingerprint density at radius 2 is 1.82 bits per heavy atom. The maximum atomic E-state index is 6.08. The van der Waals surface area contributed by atoms with E-state index >= 15 is 0 Å². The number of hydrogen-bond acceptors (Lipinski definition) is 3. The molecule has 0 aromatic heterocycles. The zero-order valence-corrected chi connectivity index (χ0v) is 11.6. The predicted octanol–water partition coefficient (Wildman–Crippen LogP) is 3.82. The summed E-state index contributed by atoms with van der Waals surface area (Å²) in [6.07, 6.45) is 1.10. The van der Waals surface area contributed by atoms with E-state index in [0.29, 0.717) is 16.7 Å². The van der Waals surface area contributed by atoms with Gasteiger partial charge in [0.2, 0.25) is 0 Å². The van der Waals surface area contributed by atoms with Crippen molar-refractivity contribution in [2.24, 2.45) is 5.92 Å². The number of rotatable bonds is 6. The van der Waals surface area contributed by atoms with Crippen molar-refractivity contribution in [3.63, 3.8) is 0 Å². The molecule has 1 aromatic rings. The van der Waals surface area contributed by atoms with Crippen LogP contribution in [0.3, 0.4) is 0 Å². The van der Waals surface area contributed by atoms with E-state index in [-0.39, 0.29) is 0 Å². The fourth-order valence-electron chi connectivity index (χ4n) is 1.49. The van der Waals surface area contributed by atoms with Crippen molar-refractivity contribution in [2.45, 2.75) is 20.3 Å². The number of methoxy groups -OCH3 is 2. The normalized spacial score (nSPS) is 10.5. The van der Waals surface area contributed by atoms with Crippen molar-refractivity contribution in [2.75, 3.05) is 26.1 Å². The van der Waals surface area contributed by atoms with Gasteiger partial charge in [-0.1, -0.05) is 25.4 Å². The van der Waals surface area contributed by atoms with E-state index in [0.717, 1.165) is 24.4 Å². The van der Waals surface area contributed by atoms with Crippen molar-refractivity contribution in [3.8, 4) is 11.5 Å². The Hall–Kier alpha value is -1.09. The average Bonchev–Trinajstić information content (AvgIpc) is 2.29. The molecule has 1 rings (SSSR count). The minimum atomic E-state index is 0.584. The summed E-state index contributed by atoms with van der Waals surface area (Å²) in [5.41, 5.74) is 0.902. The van der Waals surface area contributed by atoms with Crippen LogP contribution in [0.4, 0.5) is 5.69 Å². The largest absolute Gasteiger partial charge is 0.495 e. The maximum Gasteiger partial charge on any atom is 0.145 e. The lowest BCUT2D eigenvalue weighted by atomic mass is 10.1. The van der Waals surface area contributed by atoms with Crippen LogP contribution >= 0.6 is 11.6 Å². The van der Waals surface area contributed by atoms with Gasteiger partial charge in [0.15, 0.2) is 0 Å². The standard InChI is InChI=1S/C13H20ClNO2/c1-9(2)5-6-15-11-7-10(14)12(16-3)8-13(11)17-4/h7-9,15H,5-6H2,1-4H3. The van der Waals surface area contributed by atoms with E-state index in [2.05, 4.69) is 19.2 Å². The van der Waals surface area contributed by atoms with Gasteiger partial charge in [-0.3, -0.25) is 0 Å². The van der Waals surface area contributed by atoms with Crippen LogP contribution in [0.5, 0.6) is 11.5 Å². The number of benzene rings is 1. The molecule has 0 bridgehead atoms. The van der Waals surface area contributed by atoms with Gasteiger partial charge in [0.1, 0.15) is 11.5 Å². The van der Waals surface area contributed by atoms with Gasteiger partial charge in [-0.15, -0.1) is 0 Å². The van der Waals surface area contributed by atoms with Crippen molar-refractivity contribution in [3.05, 3.63) is 17.2 Å². The first kappa shape index (κ1) is 14.0. The zero-order chi connectivity index (χ0) is 12.8. The van der Waals surface area contributed by atoms with Gasteiger partial charge in [0.25, 0.3) is 0 Å². The van der Waals surface area contributed by atoms with E-state index in [1.165, 1.54) is 0 Å². The number of halogens is 1. The second-order valence-electron chi connectivity index (χ2n) is 4.30. The molecular weight excluding hydrogens is 238 g/mol. The molecule has 17 heavy (non-hydrogen) atoms. The molecule has 0 saturated heterocycles. The second-order valence-corrected chi connectivity index (χ2v) is 4.70. The predicted molar refractivity (Wildman–Crippen MR) is 72.5 cm³/mol. The Morgan fingerprint density at radius 3 is 2.35 bits per heavy atom. The fraction of sp³-hybridized carbons (Fsp3) is 0.538. The lowest BCUT2D eigenvalue weighted by Gasteiger charge is -2.14. The quantitative estimate of drug-likeness (QED) is 0.841. The Balaban J connectivity index is 2.79. The number of nitrogens with one attached hydrogen (secondary N) is 1. The van der Waals surface area contributed by atoms with Crippen LogP contribution < -0.4 is 14.8 Å². The third-order valence-corrected chi connectivity index (χ3v) is 2.81. The molecule has 0 aliphatic rings. The number of anilines is 1. The minimum absolute atomic E-state index is 0.584. The molecule has 0 atom stereocenters. The molecule has 0 amide bonds. The van der Waals surface area contributed by atoms with Crippen LogP contribution in [-0.4, -0.2) is 20.8 Å². The van der Waals surface area contributed by atoms with E-state index in [4.69, 9.17) is 21.1 Å². The van der Waals surface area contributed by atoms with E-state index in [1.54, 1.807) is 20.3 Å². The summed E-state index contributed by atoms with van der Waals surface area (Å²) in [4.78, 5) is 0. The highest BCUT2D eigenvalue weighted by molar-refractivity contribution is 6.32. The lowest BCUT2D eigenvalue weighted by Crippen LogP contribution is -2.06. The summed E-state index contributed by atoms with van der Waals surface area (Å²) < 4.78 is 10.4. The maximum absolute atomic E-state index is 6.08. The van der Waals surface area contributed by atoms with Crippen LogP contribution in [0.1, 0.15) is 20.3 Å². The molecule has 1 N–H and O–H groups in total. The Bertz CT molecular complexity index is 367. The third kappa shape index (κ3) is 4.00. The molecule has 3 nitrogen and oxygen atoms in total. The Morgan fingerprint density at radius 1 is 1.18 bits per heavy atom. The molecule has 0 spiro atoms. The summed E-state index contributed by atoms with van der Waals surface area (Å²) in [6.45, 7) is 5.29. The van der Waals surface area contributed by atoms with Crippen molar-refractivity contribution in [1.82, 2.24) is 0 Å². The molecule has 96 valence electrons. The molecular formula is C13H20ClNO2. The molecule has 0 saturated carbocycles. The molecule has 0 radical (unpaired) electrons. The molecule has 0 aliphatic heterocycles. The van der Waals surface area contributed by atoms with Gasteiger partial charge in [-0.05, 0) is 18.4 Å². The van der Waals surface area contributed by atoms with Crippen LogP contribution in [0.2, 0.25) is 5.02 Å². The lowest BCUT2D eigenvalue weighted by molar-refractivity contribution is 0.395. The number of ether oxygens (including phenoxy) is 2. The minimum Gasteiger partial charge on any atom is -0.495 e. The summed E-state index contributed by atoms with van der Waals surface area (Å²) in [6, 6.07) is 3.62. The molecule has 4 heteroatoms. The van der Waals surface area contributed by atoms with E-state index in [9.17, 15) is 0 Å². The highest BCUT2D eigenvalue weighted by atomic mass is 35.5. The van der Waals surface area contributed by atoms with Crippen molar-refractivity contribution < 1.29 is 9.47 Å². The van der Waals surface area contributed by atoms with Gasteiger partial charge in [0.05, 0.1) is 24.9 Å². The summed E-state index contributed by atoms with van der Waals surface area (Å²) >= 11 is 6.08. The zero-order valence-electron chi connectivity index (χ0n) is 10.8. The molecule has 0 heterocycles. The van der Waals surface area contributed by atoms with Crippen molar-refractivity contribution >= 4 is 17.3 Å². The Kier molecular flexibility index (Phi) is 5.42. The monoisotopic (exact) mass is 257 g/mol. The van der Waals surface area contributed by atoms with Crippen LogP contribution in [0.25, 0.3) is 0 Å². The summed E-state index contributed by atoms with van der Waals surface area (Å²) in [5, 5.41) is 3.91. The van der Waals surface area contributed by atoms with Crippen molar-refractivity contribution in [1.29, 1.82) is 0 Å². The fourth-order valence-corrected chi connectivity index (χ4v) is 1.73. The molecule has 1 aromatic carbocycles. The number of hydrogen-bond donors (Lipinski definition) is 1. The first-order valence-electron chi connectivity index (χ1n) is 5.73.